The van der Waals surface area contributed by atoms with Crippen molar-refractivity contribution in [1.82, 2.24) is 10.2 Å². The second-order valence-electron chi connectivity index (χ2n) is 4.23. The Labute approximate surface area is 89.4 Å². The van der Waals surface area contributed by atoms with Gasteiger partial charge in [0.25, 0.3) is 0 Å². The van der Waals surface area contributed by atoms with Crippen molar-refractivity contribution in [1.29, 1.82) is 0 Å². The summed E-state index contributed by atoms with van der Waals surface area (Å²) in [5.41, 5.74) is 0. The molecule has 0 aromatic heterocycles. The normalized spacial score (nSPS) is 22.9. The number of piperazine rings is 1. The zero-order valence-corrected chi connectivity index (χ0v) is 9.19. The van der Waals surface area contributed by atoms with Gasteiger partial charge in [0.05, 0.1) is 13.0 Å². The molecule has 1 amide bonds. The molecule has 1 unspecified atom stereocenters. The van der Waals surface area contributed by atoms with Crippen LogP contribution < -0.4 is 5.32 Å². The van der Waals surface area contributed by atoms with Gasteiger partial charge in [-0.05, 0) is 5.92 Å². The van der Waals surface area contributed by atoms with Crippen LogP contribution in [0.2, 0.25) is 0 Å². The molecule has 0 saturated carbocycles. The second-order valence-corrected chi connectivity index (χ2v) is 4.23. The summed E-state index contributed by atoms with van der Waals surface area (Å²) in [6, 6.07) is 0.252. The van der Waals surface area contributed by atoms with Crippen LogP contribution in [0.3, 0.4) is 0 Å². The summed E-state index contributed by atoms with van der Waals surface area (Å²) in [6.45, 7) is 5.55. The first kappa shape index (κ1) is 12.0. The number of aliphatic carboxylic acids is 1. The van der Waals surface area contributed by atoms with Crippen LogP contribution in [0.1, 0.15) is 20.3 Å². The maximum absolute atomic E-state index is 11.2. The van der Waals surface area contributed by atoms with Crippen molar-refractivity contribution in [2.24, 2.45) is 5.92 Å². The second kappa shape index (κ2) is 5.11. The quantitative estimate of drug-likeness (QED) is 0.686. The van der Waals surface area contributed by atoms with Crippen LogP contribution in [-0.2, 0) is 9.59 Å². The molecule has 2 N–H and O–H groups in total. The number of nitrogens with one attached hydrogen (secondary N) is 1. The molecule has 1 saturated heterocycles. The predicted octanol–water partition coefficient (Wildman–Crippen LogP) is -0.0825. The summed E-state index contributed by atoms with van der Waals surface area (Å²) in [5.74, 6) is -0.417. The average molecular weight is 214 g/mol. The van der Waals surface area contributed by atoms with E-state index >= 15 is 0 Å². The maximum atomic E-state index is 11.2. The topological polar surface area (TPSA) is 69.6 Å². The van der Waals surface area contributed by atoms with E-state index in [9.17, 15) is 9.59 Å². The summed E-state index contributed by atoms with van der Waals surface area (Å²) < 4.78 is 0. The SMILES string of the molecule is CC(C)C1CNC(=O)CN1CCC(=O)O. The lowest BCUT2D eigenvalue weighted by atomic mass is 10.0. The summed E-state index contributed by atoms with van der Waals surface area (Å²) in [6.07, 6.45) is 0.0938. The van der Waals surface area contributed by atoms with Crippen molar-refractivity contribution >= 4 is 11.9 Å². The molecule has 0 spiro atoms. The molecular formula is C10H18N2O3. The van der Waals surface area contributed by atoms with Crippen molar-refractivity contribution < 1.29 is 14.7 Å². The molecule has 1 rings (SSSR count). The Balaban J connectivity index is 2.53. The molecule has 0 aromatic carbocycles. The first-order chi connectivity index (χ1) is 7.00. The maximum Gasteiger partial charge on any atom is 0.304 e. The lowest BCUT2D eigenvalue weighted by Crippen LogP contribution is -2.56. The van der Waals surface area contributed by atoms with Crippen LogP contribution >= 0.6 is 0 Å². The van der Waals surface area contributed by atoms with E-state index in [1.54, 1.807) is 0 Å². The van der Waals surface area contributed by atoms with Crippen molar-refractivity contribution in [2.75, 3.05) is 19.6 Å². The van der Waals surface area contributed by atoms with Crippen LogP contribution in [0, 0.1) is 5.92 Å². The zero-order valence-electron chi connectivity index (χ0n) is 9.19. The Kier molecular flexibility index (Phi) is 4.08. The predicted molar refractivity (Wildman–Crippen MR) is 55.5 cm³/mol. The first-order valence-electron chi connectivity index (χ1n) is 5.23. The molecule has 1 fully saturated rings. The van der Waals surface area contributed by atoms with Gasteiger partial charge in [0.15, 0.2) is 0 Å². The number of carboxylic acid groups (broad SMARTS) is 1. The molecule has 1 aliphatic heterocycles. The molecule has 0 bridgehead atoms. The van der Waals surface area contributed by atoms with E-state index in [2.05, 4.69) is 19.2 Å². The van der Waals surface area contributed by atoms with E-state index in [4.69, 9.17) is 5.11 Å². The lowest BCUT2D eigenvalue weighted by Gasteiger charge is -2.37. The van der Waals surface area contributed by atoms with Crippen LogP contribution in [0.4, 0.5) is 0 Å². The standard InChI is InChI=1S/C10H18N2O3/c1-7(2)8-5-11-9(13)6-12(8)4-3-10(14)15/h7-8H,3-6H2,1-2H3,(H,11,13)(H,14,15). The van der Waals surface area contributed by atoms with Crippen LogP contribution in [0.15, 0.2) is 0 Å². The lowest BCUT2D eigenvalue weighted by molar-refractivity contribution is -0.138. The smallest absolute Gasteiger partial charge is 0.304 e. The van der Waals surface area contributed by atoms with E-state index in [1.165, 1.54) is 0 Å². The number of carbonyl (C=O) groups is 2. The number of rotatable bonds is 4. The van der Waals surface area contributed by atoms with Crippen molar-refractivity contribution in [3.8, 4) is 0 Å². The van der Waals surface area contributed by atoms with Gasteiger partial charge in [-0.1, -0.05) is 13.8 Å². The molecule has 5 nitrogen and oxygen atoms in total. The van der Waals surface area contributed by atoms with Gasteiger partial charge < -0.3 is 10.4 Å². The minimum Gasteiger partial charge on any atom is -0.481 e. The highest BCUT2D eigenvalue weighted by atomic mass is 16.4. The van der Waals surface area contributed by atoms with Gasteiger partial charge in [-0.25, -0.2) is 0 Å². The van der Waals surface area contributed by atoms with Gasteiger partial charge >= 0.3 is 5.97 Å². The fourth-order valence-corrected chi connectivity index (χ4v) is 1.85. The molecule has 86 valence electrons. The highest BCUT2D eigenvalue weighted by Gasteiger charge is 2.28. The average Bonchev–Trinajstić information content (AvgIpc) is 2.14. The van der Waals surface area contributed by atoms with Crippen LogP contribution in [-0.4, -0.2) is 47.6 Å². The first-order valence-corrected chi connectivity index (χ1v) is 5.23. The highest BCUT2D eigenvalue weighted by molar-refractivity contribution is 5.79. The Morgan fingerprint density at radius 1 is 1.67 bits per heavy atom. The van der Waals surface area contributed by atoms with Gasteiger partial charge in [-0.3, -0.25) is 14.5 Å². The molecule has 5 heteroatoms. The third-order valence-electron chi connectivity index (χ3n) is 2.71. The molecule has 1 heterocycles. The summed E-state index contributed by atoms with van der Waals surface area (Å²) in [5, 5.41) is 11.4. The Hall–Kier alpha value is -1.10. The number of hydrogen-bond acceptors (Lipinski definition) is 3. The minimum absolute atomic E-state index is 0.0164. The summed E-state index contributed by atoms with van der Waals surface area (Å²) in [4.78, 5) is 23.6. The molecule has 0 radical (unpaired) electrons. The summed E-state index contributed by atoms with van der Waals surface area (Å²) in [7, 11) is 0. The number of nitrogens with zero attached hydrogens (tertiary/aromatic N) is 1. The van der Waals surface area contributed by atoms with Crippen LogP contribution in [0.25, 0.3) is 0 Å². The molecule has 1 atom stereocenters. The van der Waals surface area contributed by atoms with E-state index in [0.717, 1.165) is 0 Å². The minimum atomic E-state index is -0.816. The van der Waals surface area contributed by atoms with E-state index < -0.39 is 5.97 Å². The van der Waals surface area contributed by atoms with E-state index in [-0.39, 0.29) is 18.4 Å². The van der Waals surface area contributed by atoms with E-state index in [1.807, 2.05) is 4.90 Å². The van der Waals surface area contributed by atoms with Crippen LogP contribution in [0.5, 0.6) is 0 Å². The highest BCUT2D eigenvalue weighted by Crippen LogP contribution is 2.13. The monoisotopic (exact) mass is 214 g/mol. The van der Waals surface area contributed by atoms with Gasteiger partial charge in [0.2, 0.25) is 5.91 Å². The number of hydrogen-bond donors (Lipinski definition) is 2. The van der Waals surface area contributed by atoms with Crippen molar-refractivity contribution in [3.05, 3.63) is 0 Å². The molecule has 0 aliphatic carbocycles. The van der Waals surface area contributed by atoms with Gasteiger partial charge in [-0.15, -0.1) is 0 Å². The fourth-order valence-electron chi connectivity index (χ4n) is 1.85. The molecular weight excluding hydrogens is 196 g/mol. The summed E-state index contributed by atoms with van der Waals surface area (Å²) >= 11 is 0. The molecule has 0 aromatic rings. The molecule has 15 heavy (non-hydrogen) atoms. The van der Waals surface area contributed by atoms with E-state index in [0.29, 0.717) is 25.6 Å². The third kappa shape index (κ3) is 3.51. The third-order valence-corrected chi connectivity index (χ3v) is 2.71. The number of carbonyl (C=O) groups excluding carboxylic acids is 1. The molecule has 1 aliphatic rings. The van der Waals surface area contributed by atoms with Crippen molar-refractivity contribution in [3.63, 3.8) is 0 Å². The Morgan fingerprint density at radius 2 is 2.33 bits per heavy atom. The zero-order chi connectivity index (χ0) is 11.4. The van der Waals surface area contributed by atoms with Gasteiger partial charge in [0.1, 0.15) is 0 Å². The number of carboxylic acids is 1. The Morgan fingerprint density at radius 3 is 2.87 bits per heavy atom. The number of amides is 1. The fraction of sp³-hybridized carbons (Fsp3) is 0.800. The largest absolute Gasteiger partial charge is 0.481 e. The Bertz CT molecular complexity index is 253. The van der Waals surface area contributed by atoms with Gasteiger partial charge in [-0.2, -0.15) is 0 Å². The van der Waals surface area contributed by atoms with Gasteiger partial charge in [0, 0.05) is 19.1 Å². The van der Waals surface area contributed by atoms with Crippen molar-refractivity contribution in [2.45, 2.75) is 26.3 Å².